The molecule has 2 fully saturated rings. The van der Waals surface area contributed by atoms with Gasteiger partial charge in [-0.2, -0.15) is 8.42 Å². The summed E-state index contributed by atoms with van der Waals surface area (Å²) in [6.07, 6.45) is 11.2. The zero-order chi connectivity index (χ0) is 22.5. The Hall–Kier alpha value is -1.64. The molecule has 3 unspecified atom stereocenters. The highest BCUT2D eigenvalue weighted by molar-refractivity contribution is 7.73. The van der Waals surface area contributed by atoms with E-state index >= 15 is 0 Å². The second-order valence-corrected chi connectivity index (χ2v) is 9.87. The van der Waals surface area contributed by atoms with Gasteiger partial charge >= 0.3 is 0 Å². The van der Waals surface area contributed by atoms with Crippen molar-refractivity contribution in [3.05, 3.63) is 22.9 Å². The van der Waals surface area contributed by atoms with Gasteiger partial charge in [-0.15, -0.1) is 0 Å². The largest absolute Gasteiger partial charge is 0.397 e. The fourth-order valence-corrected chi connectivity index (χ4v) is 6.16. The van der Waals surface area contributed by atoms with Crippen LogP contribution >= 0.6 is 0 Å². The number of hydrogen-bond donors (Lipinski definition) is 2. The van der Waals surface area contributed by atoms with Crippen LogP contribution in [0.3, 0.4) is 0 Å². The summed E-state index contributed by atoms with van der Waals surface area (Å²) < 4.78 is 29.1. The highest BCUT2D eigenvalue weighted by Crippen LogP contribution is 2.30. The van der Waals surface area contributed by atoms with Crippen molar-refractivity contribution in [2.75, 3.05) is 13.7 Å². The third-order valence-corrected chi connectivity index (χ3v) is 7.89. The summed E-state index contributed by atoms with van der Waals surface area (Å²) in [6.45, 7) is 5.04. The van der Waals surface area contributed by atoms with Crippen molar-refractivity contribution < 1.29 is 17.9 Å². The molecule has 0 aromatic rings. The van der Waals surface area contributed by atoms with Crippen molar-refractivity contribution in [3.8, 4) is 0 Å². The number of rotatable bonds is 6. The Labute approximate surface area is 187 Å². The standard InChI is InChI=1S/C23H37N3O4S/c1-4-16-14-18(21(30-3)22(20(16)24)31(28)29)23(27)25-15(2)19-12-9-13-26(19)17-10-7-5-6-8-11-17/h14-15,17,19,21H,4-13,24H2,1-3H3,(H,25,27). The maximum absolute atomic E-state index is 13.3. The predicted molar refractivity (Wildman–Crippen MR) is 123 cm³/mol. The number of nitrogens with one attached hydrogen (secondary N) is 1. The van der Waals surface area contributed by atoms with E-state index in [1.165, 1.54) is 45.6 Å². The number of nitrogens with zero attached hydrogens (tertiary/aromatic N) is 1. The Kier molecular flexibility index (Phi) is 8.36. The Morgan fingerprint density at radius 3 is 2.48 bits per heavy atom. The lowest BCUT2D eigenvalue weighted by Gasteiger charge is -2.36. The van der Waals surface area contributed by atoms with E-state index in [-0.39, 0.29) is 22.5 Å². The number of carbonyl (C=O) groups excluding carboxylic acids is 1. The zero-order valence-corrected chi connectivity index (χ0v) is 19.8. The number of methoxy groups -OCH3 is 1. The molecule has 3 aliphatic rings. The first-order chi connectivity index (χ1) is 14.9. The van der Waals surface area contributed by atoms with Crippen LogP contribution in [0.5, 0.6) is 0 Å². The van der Waals surface area contributed by atoms with Crippen LogP contribution < -0.4 is 11.1 Å². The number of ether oxygens (including phenoxy) is 1. The molecule has 2 aliphatic carbocycles. The molecule has 0 bridgehead atoms. The summed E-state index contributed by atoms with van der Waals surface area (Å²) in [5, 5.41) is 3.15. The van der Waals surface area contributed by atoms with E-state index in [1.54, 1.807) is 6.08 Å². The second kappa shape index (κ2) is 10.8. The number of carbonyl (C=O) groups is 1. The smallest absolute Gasteiger partial charge is 0.250 e. The minimum absolute atomic E-state index is 0.0359. The third kappa shape index (κ3) is 5.23. The van der Waals surface area contributed by atoms with E-state index in [2.05, 4.69) is 17.1 Å². The number of allylic oxidation sites excluding steroid dienone is 2. The van der Waals surface area contributed by atoms with Crippen LogP contribution in [0.4, 0.5) is 0 Å². The number of likely N-dealkylation sites (tertiary alicyclic amines) is 1. The molecule has 0 radical (unpaired) electrons. The van der Waals surface area contributed by atoms with Crippen molar-refractivity contribution in [1.29, 1.82) is 0 Å². The van der Waals surface area contributed by atoms with E-state index in [0.717, 1.165) is 19.4 Å². The Morgan fingerprint density at radius 1 is 1.23 bits per heavy atom. The van der Waals surface area contributed by atoms with E-state index in [1.807, 2.05) is 6.92 Å². The first-order valence-corrected chi connectivity index (χ1v) is 12.7. The SMILES string of the molecule is CCC1=C(N)C(=S(=O)=O)C(OC)C(C(=O)NC(C)C2CCCN2C2CCCCCC2)=C1. The zero-order valence-electron chi connectivity index (χ0n) is 19.0. The maximum atomic E-state index is 13.3. The lowest BCUT2D eigenvalue weighted by Crippen LogP contribution is -2.52. The molecule has 1 heterocycles. The Bertz CT molecular complexity index is 861. The molecule has 3 N–H and O–H groups in total. The van der Waals surface area contributed by atoms with Crippen molar-refractivity contribution in [2.45, 2.75) is 95.9 Å². The molecule has 0 spiro atoms. The minimum atomic E-state index is -2.57. The van der Waals surface area contributed by atoms with Gasteiger partial charge in [0.05, 0.1) is 11.3 Å². The monoisotopic (exact) mass is 451 g/mol. The minimum Gasteiger partial charge on any atom is -0.397 e. The molecule has 174 valence electrons. The van der Waals surface area contributed by atoms with Crippen molar-refractivity contribution in [2.24, 2.45) is 5.73 Å². The summed E-state index contributed by atoms with van der Waals surface area (Å²) in [5.74, 6) is -0.284. The number of amides is 1. The normalized spacial score (nSPS) is 27.1. The average Bonchev–Trinajstić information content (AvgIpc) is 3.08. The van der Waals surface area contributed by atoms with Crippen LogP contribution in [-0.2, 0) is 19.8 Å². The second-order valence-electron chi connectivity index (χ2n) is 8.96. The topological polar surface area (TPSA) is 102 Å². The van der Waals surface area contributed by atoms with Crippen LogP contribution in [0.15, 0.2) is 22.9 Å². The quantitative estimate of drug-likeness (QED) is 0.475. The first kappa shape index (κ1) is 24.0. The maximum Gasteiger partial charge on any atom is 0.250 e. The molecule has 1 saturated carbocycles. The molecule has 8 heteroatoms. The highest BCUT2D eigenvalue weighted by atomic mass is 32.2. The average molecular weight is 452 g/mol. The lowest BCUT2D eigenvalue weighted by molar-refractivity contribution is -0.119. The highest BCUT2D eigenvalue weighted by Gasteiger charge is 2.37. The van der Waals surface area contributed by atoms with E-state index < -0.39 is 16.4 Å². The summed E-state index contributed by atoms with van der Waals surface area (Å²) in [6, 6.07) is 0.874. The van der Waals surface area contributed by atoms with E-state index in [4.69, 9.17) is 10.5 Å². The van der Waals surface area contributed by atoms with Crippen LogP contribution in [0, 0.1) is 0 Å². The van der Waals surface area contributed by atoms with Crippen molar-refractivity contribution >= 4 is 21.1 Å². The van der Waals surface area contributed by atoms with Crippen LogP contribution in [0.2, 0.25) is 0 Å². The summed E-state index contributed by atoms with van der Waals surface area (Å²) in [4.78, 5) is 15.8. The lowest BCUT2D eigenvalue weighted by atomic mass is 9.91. The number of hydrogen-bond acceptors (Lipinski definition) is 6. The molecule has 3 rings (SSSR count). The Balaban J connectivity index is 1.78. The van der Waals surface area contributed by atoms with Crippen molar-refractivity contribution in [3.63, 3.8) is 0 Å². The van der Waals surface area contributed by atoms with Gasteiger partial charge in [-0.3, -0.25) is 9.69 Å². The summed E-state index contributed by atoms with van der Waals surface area (Å²) in [7, 11) is -1.17. The molecule has 3 atom stereocenters. The van der Waals surface area contributed by atoms with E-state index in [0.29, 0.717) is 29.7 Å². The molecule has 7 nitrogen and oxygen atoms in total. The molecular weight excluding hydrogens is 414 g/mol. The predicted octanol–water partition coefficient (Wildman–Crippen LogP) is 2.31. The first-order valence-electron chi connectivity index (χ1n) is 11.6. The molecule has 1 amide bonds. The van der Waals surface area contributed by atoms with Crippen LogP contribution in [0.1, 0.15) is 71.6 Å². The van der Waals surface area contributed by atoms with Crippen LogP contribution in [-0.4, -0.2) is 62.0 Å². The van der Waals surface area contributed by atoms with Crippen molar-refractivity contribution in [1.82, 2.24) is 10.2 Å². The van der Waals surface area contributed by atoms with Gasteiger partial charge in [0.15, 0.2) is 0 Å². The number of nitrogens with two attached hydrogens (primary N) is 1. The third-order valence-electron chi connectivity index (χ3n) is 7.09. The molecule has 1 aliphatic heterocycles. The fourth-order valence-electron chi connectivity index (χ4n) is 5.45. The summed E-state index contributed by atoms with van der Waals surface area (Å²) in [5.41, 5.74) is 7.20. The van der Waals surface area contributed by atoms with Gasteiger partial charge in [0.1, 0.15) is 11.0 Å². The van der Waals surface area contributed by atoms with Crippen LogP contribution in [0.25, 0.3) is 0 Å². The molecule has 1 saturated heterocycles. The fraction of sp³-hybridized carbons (Fsp3) is 0.739. The van der Waals surface area contributed by atoms with Gasteiger partial charge in [0.25, 0.3) is 5.91 Å². The van der Waals surface area contributed by atoms with Gasteiger partial charge in [-0.1, -0.05) is 32.6 Å². The van der Waals surface area contributed by atoms with Gasteiger partial charge in [-0.25, -0.2) is 0 Å². The van der Waals surface area contributed by atoms with Gasteiger partial charge in [0, 0.05) is 25.2 Å². The molecule has 0 aromatic heterocycles. The molecule has 31 heavy (non-hydrogen) atoms. The van der Waals surface area contributed by atoms with E-state index in [9.17, 15) is 13.2 Å². The molecule has 0 aromatic carbocycles. The van der Waals surface area contributed by atoms with Gasteiger partial charge in [-0.05, 0) is 57.2 Å². The molecular formula is C23H37N3O4S. The van der Waals surface area contributed by atoms with Gasteiger partial charge < -0.3 is 15.8 Å². The summed E-state index contributed by atoms with van der Waals surface area (Å²) >= 11 is 0. The Morgan fingerprint density at radius 2 is 1.90 bits per heavy atom. The van der Waals surface area contributed by atoms with Gasteiger partial charge in [0.2, 0.25) is 10.3 Å².